The van der Waals surface area contributed by atoms with Crippen molar-refractivity contribution in [1.29, 1.82) is 0 Å². The van der Waals surface area contributed by atoms with E-state index in [1.54, 1.807) is 12.1 Å². The summed E-state index contributed by atoms with van der Waals surface area (Å²) in [4.78, 5) is 26.4. The number of methoxy groups -OCH3 is 1. The highest BCUT2D eigenvalue weighted by atomic mass is 32.2. The lowest BCUT2D eigenvalue weighted by Crippen LogP contribution is -2.17. The van der Waals surface area contributed by atoms with Crippen LogP contribution >= 0.6 is 23.1 Å². The minimum atomic E-state index is -0.420. The topological polar surface area (TPSA) is 95.3 Å². The third kappa shape index (κ3) is 5.84. The van der Waals surface area contributed by atoms with Crippen molar-refractivity contribution in [1.82, 2.24) is 14.8 Å². The van der Waals surface area contributed by atoms with Crippen molar-refractivity contribution in [3.63, 3.8) is 0 Å². The number of hydrogen-bond donors (Lipinski definition) is 1. The Morgan fingerprint density at radius 3 is 2.77 bits per heavy atom. The number of anilines is 1. The van der Waals surface area contributed by atoms with Crippen LogP contribution in [0.2, 0.25) is 0 Å². The molecule has 186 valence electrons. The summed E-state index contributed by atoms with van der Waals surface area (Å²) in [5.41, 5.74) is 1.48. The fourth-order valence-corrected chi connectivity index (χ4v) is 6.21. The van der Waals surface area contributed by atoms with E-state index in [9.17, 15) is 14.0 Å². The molecule has 8 nitrogen and oxygen atoms in total. The number of carbonyl (C=O) groups is 2. The molecule has 1 aliphatic rings. The quantitative estimate of drug-likeness (QED) is 0.323. The molecule has 0 saturated heterocycles. The number of esters is 1. The number of benzene rings is 1. The number of thioether (sulfide) groups is 1. The molecule has 35 heavy (non-hydrogen) atoms. The van der Waals surface area contributed by atoms with Gasteiger partial charge in [-0.15, -0.1) is 21.5 Å². The molecule has 1 amide bonds. The molecule has 11 heteroatoms. The van der Waals surface area contributed by atoms with Gasteiger partial charge in [-0.2, -0.15) is 0 Å². The van der Waals surface area contributed by atoms with E-state index >= 15 is 0 Å². The summed E-state index contributed by atoms with van der Waals surface area (Å²) < 4.78 is 25.6. The second kappa shape index (κ2) is 11.2. The molecular weight excluding hydrogens is 491 g/mol. The van der Waals surface area contributed by atoms with Gasteiger partial charge in [-0.25, -0.2) is 9.18 Å². The number of fused-ring (bicyclic) bond motifs is 1. The van der Waals surface area contributed by atoms with Crippen molar-refractivity contribution in [3.05, 3.63) is 51.9 Å². The molecule has 2 heterocycles. The molecule has 1 aromatic carbocycles. The van der Waals surface area contributed by atoms with Crippen LogP contribution in [-0.4, -0.2) is 39.5 Å². The molecule has 2 aromatic heterocycles. The Morgan fingerprint density at radius 1 is 1.29 bits per heavy atom. The number of ether oxygens (including phenoxy) is 2. The first kappa shape index (κ1) is 25.2. The highest BCUT2D eigenvalue weighted by Gasteiger charge is 2.29. The first-order valence-corrected chi connectivity index (χ1v) is 13.2. The monoisotopic (exact) mass is 518 g/mol. The van der Waals surface area contributed by atoms with Gasteiger partial charge in [-0.05, 0) is 61.9 Å². The Bertz CT molecular complexity index is 1210. The summed E-state index contributed by atoms with van der Waals surface area (Å²) in [6.45, 7) is 4.91. The average molecular weight is 519 g/mol. The van der Waals surface area contributed by atoms with Crippen molar-refractivity contribution in [2.45, 2.75) is 51.4 Å². The lowest BCUT2D eigenvalue weighted by Gasteiger charge is -2.18. The van der Waals surface area contributed by atoms with Gasteiger partial charge in [0.2, 0.25) is 5.91 Å². The van der Waals surface area contributed by atoms with Crippen LogP contribution in [0.15, 0.2) is 29.4 Å². The Morgan fingerprint density at radius 2 is 2.06 bits per heavy atom. The zero-order valence-electron chi connectivity index (χ0n) is 19.8. The highest BCUT2D eigenvalue weighted by Crippen LogP contribution is 2.40. The maximum Gasteiger partial charge on any atom is 0.341 e. The third-order valence-corrected chi connectivity index (χ3v) is 7.91. The van der Waals surface area contributed by atoms with Crippen LogP contribution in [0.4, 0.5) is 9.39 Å². The van der Waals surface area contributed by atoms with Crippen molar-refractivity contribution in [2.24, 2.45) is 5.92 Å². The van der Waals surface area contributed by atoms with E-state index in [1.165, 1.54) is 42.3 Å². The van der Waals surface area contributed by atoms with E-state index in [-0.39, 0.29) is 24.1 Å². The molecular formula is C24H27FN4O4S2. The van der Waals surface area contributed by atoms with E-state index in [0.29, 0.717) is 39.8 Å². The molecule has 0 radical (unpaired) electrons. The molecule has 0 bridgehead atoms. The van der Waals surface area contributed by atoms with Gasteiger partial charge in [0.15, 0.2) is 11.0 Å². The average Bonchev–Trinajstić information content (AvgIpc) is 3.41. The van der Waals surface area contributed by atoms with E-state index in [2.05, 4.69) is 22.4 Å². The van der Waals surface area contributed by atoms with Crippen LogP contribution in [-0.2, 0) is 35.5 Å². The number of thiophene rings is 1. The van der Waals surface area contributed by atoms with Crippen LogP contribution in [0.1, 0.15) is 46.9 Å². The van der Waals surface area contributed by atoms with Crippen LogP contribution in [0, 0.1) is 11.7 Å². The van der Waals surface area contributed by atoms with Gasteiger partial charge in [-0.3, -0.25) is 4.79 Å². The number of rotatable bonds is 9. The number of carbonyl (C=O) groups excluding carboxylic acids is 2. The SMILES string of the molecule is CCn1c(COc2ccc(F)cc2)nnc1SCC(=O)Nc1sc2c(c1C(=O)OC)CCC(C)C2. The third-order valence-electron chi connectivity index (χ3n) is 5.78. The van der Waals surface area contributed by atoms with Gasteiger partial charge in [0.05, 0.1) is 18.4 Å². The molecule has 1 aliphatic carbocycles. The fraction of sp³-hybridized carbons (Fsp3) is 0.417. The largest absolute Gasteiger partial charge is 0.486 e. The Kier molecular flexibility index (Phi) is 8.07. The molecule has 0 aliphatic heterocycles. The van der Waals surface area contributed by atoms with E-state index in [1.807, 2.05) is 11.5 Å². The van der Waals surface area contributed by atoms with Crippen molar-refractivity contribution in [3.8, 4) is 5.75 Å². The summed E-state index contributed by atoms with van der Waals surface area (Å²) in [5.74, 6) is 0.802. The van der Waals surface area contributed by atoms with Gasteiger partial charge in [0, 0.05) is 11.4 Å². The Balaban J connectivity index is 1.40. The molecule has 1 N–H and O–H groups in total. The highest BCUT2D eigenvalue weighted by molar-refractivity contribution is 7.99. The zero-order valence-corrected chi connectivity index (χ0v) is 21.4. The molecule has 0 spiro atoms. The second-order valence-electron chi connectivity index (χ2n) is 8.27. The number of nitrogens with one attached hydrogen (secondary N) is 1. The van der Waals surface area contributed by atoms with Crippen LogP contribution < -0.4 is 10.1 Å². The Hall–Kier alpha value is -2.92. The van der Waals surface area contributed by atoms with E-state index in [0.717, 1.165) is 29.7 Å². The second-order valence-corrected chi connectivity index (χ2v) is 10.3. The summed E-state index contributed by atoms with van der Waals surface area (Å²) in [7, 11) is 1.36. The number of hydrogen-bond acceptors (Lipinski definition) is 8. The molecule has 1 atom stereocenters. The van der Waals surface area contributed by atoms with E-state index < -0.39 is 5.97 Å². The van der Waals surface area contributed by atoms with Crippen LogP contribution in [0.3, 0.4) is 0 Å². The summed E-state index contributed by atoms with van der Waals surface area (Å²) in [6, 6.07) is 5.76. The van der Waals surface area contributed by atoms with Gasteiger partial charge in [0.25, 0.3) is 0 Å². The number of amides is 1. The lowest BCUT2D eigenvalue weighted by molar-refractivity contribution is -0.113. The molecule has 1 unspecified atom stereocenters. The predicted octanol–water partition coefficient (Wildman–Crippen LogP) is 4.72. The van der Waals surface area contributed by atoms with Gasteiger partial charge in [0.1, 0.15) is 23.2 Å². The van der Waals surface area contributed by atoms with Crippen molar-refractivity contribution >= 4 is 40.0 Å². The predicted molar refractivity (Wildman–Crippen MR) is 133 cm³/mol. The molecule has 4 rings (SSSR count). The Labute approximate surface area is 211 Å². The normalized spacial score (nSPS) is 14.9. The first-order valence-electron chi connectivity index (χ1n) is 11.4. The minimum absolute atomic E-state index is 0.108. The van der Waals surface area contributed by atoms with Gasteiger partial charge in [-0.1, -0.05) is 18.7 Å². The zero-order chi connectivity index (χ0) is 24.9. The van der Waals surface area contributed by atoms with Crippen molar-refractivity contribution < 1.29 is 23.5 Å². The molecule has 0 saturated carbocycles. The molecule has 0 fully saturated rings. The lowest BCUT2D eigenvalue weighted by atomic mass is 9.88. The van der Waals surface area contributed by atoms with Gasteiger partial charge >= 0.3 is 5.97 Å². The summed E-state index contributed by atoms with van der Waals surface area (Å²) in [6.07, 6.45) is 2.72. The molecule has 3 aromatic rings. The van der Waals surface area contributed by atoms with Crippen LogP contribution in [0.5, 0.6) is 5.75 Å². The fourth-order valence-electron chi connectivity index (χ4n) is 3.98. The maximum atomic E-state index is 13.1. The first-order chi connectivity index (χ1) is 16.9. The summed E-state index contributed by atoms with van der Waals surface area (Å²) >= 11 is 2.72. The van der Waals surface area contributed by atoms with Crippen molar-refractivity contribution in [2.75, 3.05) is 18.2 Å². The minimum Gasteiger partial charge on any atom is -0.486 e. The maximum absolute atomic E-state index is 13.1. The standard InChI is InChI=1S/C24H27FN4O4S2/c1-4-29-19(12-33-16-8-6-15(25)7-9-16)27-28-24(29)34-13-20(30)26-22-21(23(31)32-3)17-10-5-14(2)11-18(17)35-22/h6-9,14H,4-5,10-13H2,1-3H3,(H,26,30). The smallest absolute Gasteiger partial charge is 0.341 e. The van der Waals surface area contributed by atoms with Gasteiger partial charge < -0.3 is 19.4 Å². The number of nitrogens with zero attached hydrogens (tertiary/aromatic N) is 3. The number of halogens is 1. The number of aromatic nitrogens is 3. The van der Waals surface area contributed by atoms with E-state index in [4.69, 9.17) is 9.47 Å². The van der Waals surface area contributed by atoms with Crippen LogP contribution in [0.25, 0.3) is 0 Å². The summed E-state index contributed by atoms with van der Waals surface area (Å²) in [5, 5.41) is 12.4.